The molecule has 11 nitrogen and oxygen atoms in total. The van der Waals surface area contributed by atoms with Gasteiger partial charge in [-0.3, -0.25) is 4.79 Å². The van der Waals surface area contributed by atoms with E-state index in [2.05, 4.69) is 20.9 Å². The van der Waals surface area contributed by atoms with Crippen LogP contribution in [-0.4, -0.2) is 58.8 Å². The summed E-state index contributed by atoms with van der Waals surface area (Å²) in [5.41, 5.74) is 2.65. The predicted octanol–water partition coefficient (Wildman–Crippen LogP) is 5.44. The highest BCUT2D eigenvalue weighted by Gasteiger charge is 2.35. The summed E-state index contributed by atoms with van der Waals surface area (Å²) in [5, 5.41) is 17.2. The summed E-state index contributed by atoms with van der Waals surface area (Å²) in [6.07, 6.45) is 0.292. The molecule has 2 aliphatic heterocycles. The zero-order chi connectivity index (χ0) is 33.9. The van der Waals surface area contributed by atoms with E-state index in [1.165, 1.54) is 18.2 Å². The van der Waals surface area contributed by atoms with Crippen LogP contribution in [0, 0.1) is 24.4 Å². The molecule has 1 aromatic heterocycles. The van der Waals surface area contributed by atoms with Crippen molar-refractivity contribution >= 4 is 35.5 Å². The summed E-state index contributed by atoms with van der Waals surface area (Å²) in [7, 11) is 0. The topological polar surface area (TPSA) is 140 Å². The van der Waals surface area contributed by atoms with E-state index in [-0.39, 0.29) is 36.1 Å². The fourth-order valence-corrected chi connectivity index (χ4v) is 5.91. The first-order valence-electron chi connectivity index (χ1n) is 15.4. The Labute approximate surface area is 273 Å². The van der Waals surface area contributed by atoms with Gasteiger partial charge in [-0.15, -0.1) is 0 Å². The number of hydrogen-bond donors (Lipinski definition) is 4. The molecule has 248 valence electrons. The molecular formula is C34H32F3N7O4. The van der Waals surface area contributed by atoms with Crippen molar-refractivity contribution in [1.29, 1.82) is 0 Å². The number of carbonyl (C=O) groups is 3. The third-order valence-electron chi connectivity index (χ3n) is 8.44. The van der Waals surface area contributed by atoms with Gasteiger partial charge in [0.1, 0.15) is 23.1 Å². The first-order valence-corrected chi connectivity index (χ1v) is 15.4. The molecule has 0 aliphatic carbocycles. The minimum atomic E-state index is -1.12. The minimum Gasteiger partial charge on any atom is -0.465 e. The second kappa shape index (κ2) is 13.6. The van der Waals surface area contributed by atoms with Crippen LogP contribution in [0.2, 0.25) is 0 Å². The molecular weight excluding hydrogens is 627 g/mol. The Morgan fingerprint density at radius 1 is 1.00 bits per heavy atom. The molecule has 6 rings (SSSR count). The van der Waals surface area contributed by atoms with Crippen molar-refractivity contribution in [3.05, 3.63) is 100 Å². The summed E-state index contributed by atoms with van der Waals surface area (Å²) in [6, 6.07) is 13.4. The standard InChI is InChI=1S/C34H32F3N7O4/c1-19-5-8-21(31(45)38-14-11-20-6-9-22(35)10-7-20)17-24(19)28-25-18-39-33(46)44(29-26(36)3-2-4-27(29)37)30(25)42-32(41-28)43-15-12-23(13-16-43)40-34(47)48/h2-10,17,23,40H,11-16,18H2,1H3,(H,38,45)(H,39,46)(H,47,48). The number of nitrogens with one attached hydrogen (secondary N) is 3. The number of carbonyl (C=O) groups excluding carboxylic acids is 2. The van der Waals surface area contributed by atoms with E-state index in [9.17, 15) is 18.8 Å². The lowest BCUT2D eigenvalue weighted by Gasteiger charge is -2.35. The van der Waals surface area contributed by atoms with Crippen LogP contribution in [0.25, 0.3) is 11.3 Å². The average Bonchev–Trinajstić information content (AvgIpc) is 3.06. The number of hydrogen-bond acceptors (Lipinski definition) is 6. The Morgan fingerprint density at radius 3 is 2.40 bits per heavy atom. The molecule has 4 N–H and O–H groups in total. The minimum absolute atomic E-state index is 0.0120. The number of aryl methyl sites for hydroxylation is 1. The lowest BCUT2D eigenvalue weighted by molar-refractivity contribution is 0.0954. The van der Waals surface area contributed by atoms with E-state index in [1.807, 2.05) is 11.8 Å². The Balaban J connectivity index is 1.39. The molecule has 0 bridgehead atoms. The largest absolute Gasteiger partial charge is 0.465 e. The molecule has 0 spiro atoms. The molecule has 14 heteroatoms. The SMILES string of the molecule is Cc1ccc(C(=O)NCCc2ccc(F)cc2)cc1-c1nc(N2CCC(NC(=O)O)CC2)nc2c1CNC(=O)N2c1c(F)cccc1F. The lowest BCUT2D eigenvalue weighted by atomic mass is 9.97. The van der Waals surface area contributed by atoms with Gasteiger partial charge in [0.15, 0.2) is 5.82 Å². The smallest absolute Gasteiger partial charge is 0.404 e. The number of amides is 4. The number of rotatable bonds is 8. The van der Waals surface area contributed by atoms with Crippen molar-refractivity contribution in [3.63, 3.8) is 0 Å². The summed E-state index contributed by atoms with van der Waals surface area (Å²) in [4.78, 5) is 49.9. The normalized spacial score (nSPS) is 14.7. The van der Waals surface area contributed by atoms with Gasteiger partial charge in [-0.1, -0.05) is 24.3 Å². The summed E-state index contributed by atoms with van der Waals surface area (Å²) < 4.78 is 43.5. The number of benzene rings is 3. The number of aromatic nitrogens is 2. The van der Waals surface area contributed by atoms with E-state index in [1.54, 1.807) is 30.3 Å². The van der Waals surface area contributed by atoms with Crippen LogP contribution in [0.5, 0.6) is 0 Å². The molecule has 2 aliphatic rings. The van der Waals surface area contributed by atoms with Gasteiger partial charge in [0, 0.05) is 42.4 Å². The third-order valence-corrected chi connectivity index (χ3v) is 8.44. The molecule has 0 unspecified atom stereocenters. The maximum absolute atomic E-state index is 15.1. The fraction of sp³-hybridized carbons (Fsp3) is 0.265. The first-order chi connectivity index (χ1) is 23.1. The van der Waals surface area contributed by atoms with E-state index in [0.29, 0.717) is 61.3 Å². The first kappa shape index (κ1) is 32.3. The fourth-order valence-electron chi connectivity index (χ4n) is 5.91. The Morgan fingerprint density at radius 2 is 1.71 bits per heavy atom. The average molecular weight is 660 g/mol. The van der Waals surface area contributed by atoms with Crippen molar-refractivity contribution < 1.29 is 32.7 Å². The number of anilines is 3. The number of nitrogens with zero attached hydrogens (tertiary/aromatic N) is 4. The van der Waals surface area contributed by atoms with Gasteiger partial charge >= 0.3 is 12.1 Å². The highest BCUT2D eigenvalue weighted by Crippen LogP contribution is 2.40. The van der Waals surface area contributed by atoms with Gasteiger partial charge in [-0.25, -0.2) is 32.6 Å². The molecule has 3 aromatic carbocycles. The van der Waals surface area contributed by atoms with E-state index in [4.69, 9.17) is 10.1 Å². The van der Waals surface area contributed by atoms with E-state index < -0.39 is 29.4 Å². The second-order valence-electron chi connectivity index (χ2n) is 11.6. The quantitative estimate of drug-likeness (QED) is 0.198. The predicted molar refractivity (Wildman–Crippen MR) is 172 cm³/mol. The van der Waals surface area contributed by atoms with Gasteiger partial charge in [0.05, 0.1) is 12.2 Å². The Hall–Kier alpha value is -5.66. The van der Waals surface area contributed by atoms with Crippen molar-refractivity contribution in [2.45, 2.75) is 38.8 Å². The van der Waals surface area contributed by atoms with Crippen LogP contribution < -0.4 is 25.8 Å². The molecule has 4 amide bonds. The molecule has 1 fully saturated rings. The molecule has 0 atom stereocenters. The number of urea groups is 1. The number of fused-ring (bicyclic) bond motifs is 1. The molecule has 3 heterocycles. The summed E-state index contributed by atoms with van der Waals surface area (Å²) in [5.74, 6) is -2.44. The van der Waals surface area contributed by atoms with Crippen molar-refractivity contribution in [2.24, 2.45) is 0 Å². The van der Waals surface area contributed by atoms with Crippen LogP contribution in [0.4, 0.5) is 40.2 Å². The van der Waals surface area contributed by atoms with Crippen LogP contribution in [-0.2, 0) is 13.0 Å². The molecule has 0 radical (unpaired) electrons. The highest BCUT2D eigenvalue weighted by atomic mass is 19.1. The molecule has 0 saturated carbocycles. The van der Waals surface area contributed by atoms with Gasteiger partial charge in [-0.2, -0.15) is 4.98 Å². The molecule has 48 heavy (non-hydrogen) atoms. The zero-order valence-corrected chi connectivity index (χ0v) is 25.9. The van der Waals surface area contributed by atoms with Crippen LogP contribution >= 0.6 is 0 Å². The van der Waals surface area contributed by atoms with Crippen LogP contribution in [0.1, 0.15) is 39.9 Å². The molecule has 1 saturated heterocycles. The summed E-state index contributed by atoms with van der Waals surface area (Å²) in [6.45, 7) is 2.84. The highest BCUT2D eigenvalue weighted by molar-refractivity contribution is 6.02. The van der Waals surface area contributed by atoms with Gasteiger partial charge in [-0.05, 0) is 73.7 Å². The summed E-state index contributed by atoms with van der Waals surface area (Å²) >= 11 is 0. The number of carboxylic acid groups (broad SMARTS) is 1. The Bertz CT molecular complexity index is 1860. The van der Waals surface area contributed by atoms with Crippen LogP contribution in [0.15, 0.2) is 60.7 Å². The maximum atomic E-state index is 15.1. The van der Waals surface area contributed by atoms with Gasteiger partial charge < -0.3 is 26.0 Å². The number of para-hydroxylation sites is 1. The lowest BCUT2D eigenvalue weighted by Crippen LogP contribution is -2.46. The zero-order valence-electron chi connectivity index (χ0n) is 25.9. The van der Waals surface area contributed by atoms with Crippen LogP contribution in [0.3, 0.4) is 0 Å². The third kappa shape index (κ3) is 6.73. The Kier molecular flexibility index (Phi) is 9.15. The van der Waals surface area contributed by atoms with Gasteiger partial charge in [0.2, 0.25) is 5.95 Å². The maximum Gasteiger partial charge on any atom is 0.404 e. The van der Waals surface area contributed by atoms with Gasteiger partial charge in [0.25, 0.3) is 5.91 Å². The van der Waals surface area contributed by atoms with E-state index in [0.717, 1.165) is 28.2 Å². The second-order valence-corrected chi connectivity index (χ2v) is 11.6. The van der Waals surface area contributed by atoms with Crippen molar-refractivity contribution in [1.82, 2.24) is 25.9 Å². The van der Waals surface area contributed by atoms with E-state index >= 15 is 8.78 Å². The molecule has 4 aromatic rings. The van der Waals surface area contributed by atoms with Crippen molar-refractivity contribution in [2.75, 3.05) is 29.4 Å². The number of piperidine rings is 1. The monoisotopic (exact) mass is 659 g/mol. The number of halogens is 3. The van der Waals surface area contributed by atoms with Crippen molar-refractivity contribution in [3.8, 4) is 11.3 Å².